The van der Waals surface area contributed by atoms with Gasteiger partial charge in [0.05, 0.1) is 0 Å². The summed E-state index contributed by atoms with van der Waals surface area (Å²) in [6.45, 7) is 0.987. The van der Waals surface area contributed by atoms with Gasteiger partial charge in [-0.1, -0.05) is 0 Å². The Labute approximate surface area is 98.0 Å². The van der Waals surface area contributed by atoms with E-state index in [0.29, 0.717) is 0 Å². The van der Waals surface area contributed by atoms with E-state index >= 15 is 0 Å². The van der Waals surface area contributed by atoms with Crippen LogP contribution in [-0.2, 0) is 3.07 Å². The van der Waals surface area contributed by atoms with Gasteiger partial charge >= 0.3 is 92.6 Å². The second-order valence-corrected chi connectivity index (χ2v) is 9.77. The summed E-state index contributed by atoms with van der Waals surface area (Å²) in [5, 5.41) is 0. The minimum atomic E-state index is -1.64. The van der Waals surface area contributed by atoms with E-state index in [4.69, 9.17) is 7.81 Å². The number of benzene rings is 1. The Hall–Kier alpha value is -0.261. The van der Waals surface area contributed by atoms with Gasteiger partial charge in [0.25, 0.3) is 0 Å². The van der Waals surface area contributed by atoms with Crippen LogP contribution in [0.4, 0.5) is 0 Å². The van der Waals surface area contributed by atoms with Gasteiger partial charge in [0.15, 0.2) is 0 Å². The summed E-state index contributed by atoms with van der Waals surface area (Å²) in [6, 6.07) is 8.44. The van der Waals surface area contributed by atoms with Crippen molar-refractivity contribution in [3.8, 4) is 5.75 Å². The molecule has 4 heteroatoms. The van der Waals surface area contributed by atoms with Gasteiger partial charge in [-0.25, -0.2) is 0 Å². The van der Waals surface area contributed by atoms with Crippen LogP contribution in [0.5, 0.6) is 5.75 Å². The molecule has 1 aliphatic heterocycles. The molecule has 83 valence electrons. The molecule has 3 nitrogen and oxygen atoms in total. The third-order valence-corrected chi connectivity index (χ3v) is 9.16. The zero-order chi connectivity index (χ0) is 9.80. The van der Waals surface area contributed by atoms with Crippen LogP contribution in [0.3, 0.4) is 0 Å². The van der Waals surface area contributed by atoms with E-state index in [2.05, 4.69) is 12.1 Å². The molecule has 1 heterocycles. The molecule has 2 rings (SSSR count). The average molecular weight is 316 g/mol. The van der Waals surface area contributed by atoms with E-state index in [1.807, 2.05) is 12.1 Å². The minimum Gasteiger partial charge on any atom is -0.412 e. The molecule has 0 atom stereocenters. The second kappa shape index (κ2) is 6.35. The van der Waals surface area contributed by atoms with Crippen molar-refractivity contribution in [1.82, 2.24) is 0 Å². The van der Waals surface area contributed by atoms with Crippen molar-refractivity contribution in [3.63, 3.8) is 0 Å². The normalized spacial score (nSPS) is 16.9. The fourth-order valence-corrected chi connectivity index (χ4v) is 7.65. The predicted octanol–water partition coefficient (Wildman–Crippen LogP) is 0.879. The van der Waals surface area contributed by atoms with Crippen LogP contribution in [0.1, 0.15) is 12.8 Å². The molecular formula is C11H17O3Sn. The van der Waals surface area contributed by atoms with Crippen molar-refractivity contribution in [2.45, 2.75) is 17.3 Å². The van der Waals surface area contributed by atoms with Crippen molar-refractivity contribution < 1.29 is 13.3 Å². The Morgan fingerprint density at radius 3 is 2.47 bits per heavy atom. The molecule has 0 bridgehead atoms. The summed E-state index contributed by atoms with van der Waals surface area (Å²) in [5.74, 6) is 0.938. The van der Waals surface area contributed by atoms with Gasteiger partial charge in [-0.15, -0.1) is 0 Å². The van der Waals surface area contributed by atoms with E-state index in [1.54, 1.807) is 7.11 Å². The van der Waals surface area contributed by atoms with E-state index in [1.165, 1.54) is 20.9 Å². The van der Waals surface area contributed by atoms with E-state index < -0.39 is 20.2 Å². The molecule has 1 aliphatic rings. The number of rotatable bonds is 2. The monoisotopic (exact) mass is 317 g/mol. The summed E-state index contributed by atoms with van der Waals surface area (Å²) in [5.41, 5.74) is 0. The zero-order valence-corrected chi connectivity index (χ0v) is 11.8. The topological polar surface area (TPSA) is 50.0 Å². The third-order valence-electron chi connectivity index (χ3n) is 2.49. The molecule has 1 fully saturated rings. The van der Waals surface area contributed by atoms with Gasteiger partial charge < -0.3 is 5.48 Å². The first-order valence-electron chi connectivity index (χ1n) is 5.03. The van der Waals surface area contributed by atoms with Gasteiger partial charge in [0, 0.05) is 0 Å². The van der Waals surface area contributed by atoms with Crippen molar-refractivity contribution in [3.05, 3.63) is 24.3 Å². The molecule has 1 saturated heterocycles. The summed E-state index contributed by atoms with van der Waals surface area (Å²) >= 11 is -1.64. The molecule has 1 aromatic carbocycles. The standard InChI is InChI=1S/C7H7O.C4H8O.H2O.Sn/c1-8-7-5-3-2-4-6-7;1-2-3-4-5;;/h3-6H,1H3;1-4H2;1H2;/q;-1;;+1. The van der Waals surface area contributed by atoms with Crippen LogP contribution in [0.25, 0.3) is 0 Å². The van der Waals surface area contributed by atoms with Crippen molar-refractivity contribution in [1.29, 1.82) is 0 Å². The van der Waals surface area contributed by atoms with Crippen LogP contribution < -0.4 is 8.32 Å². The molecule has 0 aromatic heterocycles. The van der Waals surface area contributed by atoms with Gasteiger partial charge in [-0.05, 0) is 0 Å². The Morgan fingerprint density at radius 1 is 1.20 bits per heavy atom. The van der Waals surface area contributed by atoms with Gasteiger partial charge in [-0.2, -0.15) is 0 Å². The van der Waals surface area contributed by atoms with Crippen LogP contribution >= 0.6 is 0 Å². The molecule has 1 aromatic rings. The third kappa shape index (κ3) is 3.36. The molecule has 0 unspecified atom stereocenters. The zero-order valence-electron chi connectivity index (χ0n) is 8.95. The molecule has 15 heavy (non-hydrogen) atoms. The van der Waals surface area contributed by atoms with Crippen molar-refractivity contribution in [2.75, 3.05) is 13.7 Å². The van der Waals surface area contributed by atoms with Crippen molar-refractivity contribution in [2.24, 2.45) is 0 Å². The fraction of sp³-hybridized carbons (Fsp3) is 0.455. The van der Waals surface area contributed by atoms with Gasteiger partial charge in [-0.3, -0.25) is 0 Å². The van der Waals surface area contributed by atoms with Gasteiger partial charge in [0.2, 0.25) is 0 Å². The largest absolute Gasteiger partial charge is 0.412 e. The summed E-state index contributed by atoms with van der Waals surface area (Å²) in [4.78, 5) is 0. The van der Waals surface area contributed by atoms with Crippen molar-refractivity contribution >= 4 is 23.8 Å². The molecule has 2 N–H and O–H groups in total. The first-order valence-corrected chi connectivity index (χ1v) is 9.64. The molecule has 0 saturated carbocycles. The Balaban J connectivity index is 0.00000112. The first kappa shape index (κ1) is 12.8. The first-order chi connectivity index (χ1) is 6.90. The number of ether oxygens (including phenoxy) is 1. The van der Waals surface area contributed by atoms with E-state index in [-0.39, 0.29) is 5.48 Å². The maximum atomic E-state index is 5.89. The average Bonchev–Trinajstić information content (AvgIpc) is 2.30. The molecular weight excluding hydrogens is 299 g/mol. The van der Waals surface area contributed by atoms with Crippen LogP contribution in [0.15, 0.2) is 24.3 Å². The van der Waals surface area contributed by atoms with Gasteiger partial charge in [0.1, 0.15) is 0 Å². The van der Waals surface area contributed by atoms with Crippen LogP contribution in [-0.4, -0.2) is 39.4 Å². The Bertz CT molecular complexity index is 280. The quantitative estimate of drug-likeness (QED) is 0.761. The summed E-state index contributed by atoms with van der Waals surface area (Å²) in [7, 11) is 1.70. The van der Waals surface area contributed by atoms with Crippen LogP contribution in [0.2, 0.25) is 4.44 Å². The molecule has 1 radical (unpaired) electrons. The van der Waals surface area contributed by atoms with E-state index in [9.17, 15) is 0 Å². The molecule has 0 amide bonds. The van der Waals surface area contributed by atoms with E-state index in [0.717, 1.165) is 12.4 Å². The minimum absolute atomic E-state index is 0. The Kier molecular flexibility index (Phi) is 5.42. The summed E-state index contributed by atoms with van der Waals surface area (Å²) in [6.07, 6.45) is 2.61. The Morgan fingerprint density at radius 2 is 1.93 bits per heavy atom. The van der Waals surface area contributed by atoms with Crippen LogP contribution in [0, 0.1) is 0 Å². The number of hydrogen-bond donors (Lipinski definition) is 0. The second-order valence-electron chi connectivity index (χ2n) is 3.46. The summed E-state index contributed by atoms with van der Waals surface area (Å²) < 4.78 is 13.8. The number of methoxy groups -OCH3 is 1. The number of hydrogen-bond acceptors (Lipinski definition) is 2. The fourth-order valence-electron chi connectivity index (χ4n) is 1.66. The molecule has 0 spiro atoms. The maximum absolute atomic E-state index is 5.89. The smallest absolute Gasteiger partial charge is 0.412 e. The SMILES string of the molecule is COc1cc[c]([Sn]2[CH2]CCC[O]2)cc1.O. The molecule has 0 aliphatic carbocycles. The predicted molar refractivity (Wildman–Crippen MR) is 62.0 cm³/mol. The maximum Gasteiger partial charge on any atom is -0.412 e.